The molecule has 2 atom stereocenters. The van der Waals surface area contributed by atoms with Gasteiger partial charge in [0, 0.05) is 25.2 Å². The molecule has 2 fully saturated rings. The maximum atomic E-state index is 13.1. The van der Waals surface area contributed by atoms with Gasteiger partial charge in [-0.15, -0.1) is 0 Å². The molecule has 2 aliphatic rings. The Balaban J connectivity index is 1.46. The van der Waals surface area contributed by atoms with Gasteiger partial charge in [0.2, 0.25) is 0 Å². The number of quaternary nitrogens is 1. The van der Waals surface area contributed by atoms with Gasteiger partial charge in [-0.05, 0) is 63.8 Å². The van der Waals surface area contributed by atoms with Gasteiger partial charge in [0.15, 0.2) is 0 Å². The van der Waals surface area contributed by atoms with Gasteiger partial charge in [0.05, 0.1) is 36.0 Å². The predicted octanol–water partition coefficient (Wildman–Crippen LogP) is 4.68. The molecule has 1 saturated heterocycles. The van der Waals surface area contributed by atoms with E-state index in [4.69, 9.17) is 4.74 Å². The van der Waals surface area contributed by atoms with Crippen molar-refractivity contribution in [2.75, 3.05) is 30.4 Å². The maximum absolute atomic E-state index is 13.1. The van der Waals surface area contributed by atoms with Crippen LogP contribution in [0, 0.1) is 5.92 Å². The van der Waals surface area contributed by atoms with Crippen LogP contribution in [0.15, 0.2) is 47.3 Å². The minimum absolute atomic E-state index is 0.0400. The van der Waals surface area contributed by atoms with Gasteiger partial charge in [-0.1, -0.05) is 37.5 Å². The zero-order valence-electron chi connectivity index (χ0n) is 23.2. The average molecular weight is 521 g/mol. The Bertz CT molecular complexity index is 1320. The Morgan fingerprint density at radius 1 is 1.11 bits per heavy atom. The third kappa shape index (κ3) is 5.90. The van der Waals surface area contributed by atoms with Gasteiger partial charge in [-0.3, -0.25) is 4.57 Å². The average Bonchev–Trinajstić information content (AvgIpc) is 3.48. The van der Waals surface area contributed by atoms with Crippen LogP contribution in [0.1, 0.15) is 59.3 Å². The topological polar surface area (TPSA) is 83.8 Å². The molecule has 0 spiro atoms. The number of nitrogens with zero attached hydrogens (tertiary/aromatic N) is 2. The number of hydrogen-bond acceptors (Lipinski definition) is 5. The van der Waals surface area contributed by atoms with Crippen LogP contribution < -0.4 is 20.8 Å². The number of carbonyl (C=O) groups excluding carboxylic acids is 1. The molecule has 8 heteroatoms. The number of imidazole rings is 1. The number of aromatic amines is 1. The number of ether oxygens (including phenoxy) is 1. The van der Waals surface area contributed by atoms with E-state index in [0.717, 1.165) is 59.1 Å². The summed E-state index contributed by atoms with van der Waals surface area (Å²) in [7, 11) is 1.91. The molecule has 1 aliphatic heterocycles. The third-order valence-corrected chi connectivity index (χ3v) is 7.97. The SMILES string of the molecule is C[NH+](C(=O)OC(C)(C)C)C1CCN(c2cc3c(cc2Nc2ccccc2)[nH]c(=O)n3CC2CCCCC2)C1. The van der Waals surface area contributed by atoms with E-state index in [0.29, 0.717) is 5.92 Å². The van der Waals surface area contributed by atoms with Crippen molar-refractivity contribution in [1.82, 2.24) is 9.55 Å². The summed E-state index contributed by atoms with van der Waals surface area (Å²) >= 11 is 0. The molecule has 2 unspecified atom stereocenters. The summed E-state index contributed by atoms with van der Waals surface area (Å²) < 4.78 is 7.59. The second-order valence-electron chi connectivity index (χ2n) is 12.0. The highest BCUT2D eigenvalue weighted by atomic mass is 16.6. The standard InChI is InChI=1S/C30H41N5O3/c1-30(2,3)38-29(37)33(4)23-15-16-34(20-23)26-18-27-25(17-24(26)31-22-13-9-6-10-14-22)32-28(36)35(27)19-21-11-7-5-8-12-21/h6,9-10,13-14,17-18,21,23,31H,5,7-8,11-12,15-16,19-20H2,1-4H3,(H,32,36)/p+1. The van der Waals surface area contributed by atoms with Crippen LogP contribution in [0.25, 0.3) is 11.0 Å². The molecule has 2 heterocycles. The first-order chi connectivity index (χ1) is 18.2. The Hall–Kier alpha value is -3.26. The van der Waals surface area contributed by atoms with Crippen LogP contribution in [-0.2, 0) is 11.3 Å². The molecule has 0 radical (unpaired) electrons. The number of benzene rings is 2. The molecule has 204 valence electrons. The molecule has 1 amide bonds. The highest BCUT2D eigenvalue weighted by molar-refractivity contribution is 5.90. The first kappa shape index (κ1) is 26.4. The normalized spacial score (nSPS) is 19.6. The van der Waals surface area contributed by atoms with Gasteiger partial charge < -0.3 is 19.9 Å². The van der Waals surface area contributed by atoms with E-state index in [1.54, 1.807) is 0 Å². The lowest BCUT2D eigenvalue weighted by Gasteiger charge is -2.26. The number of aromatic nitrogens is 2. The van der Waals surface area contributed by atoms with Crippen LogP contribution in [0.5, 0.6) is 0 Å². The first-order valence-corrected chi connectivity index (χ1v) is 14.1. The summed E-state index contributed by atoms with van der Waals surface area (Å²) in [4.78, 5) is 32.1. The molecule has 38 heavy (non-hydrogen) atoms. The van der Waals surface area contributed by atoms with Crippen LogP contribution in [0.4, 0.5) is 21.9 Å². The van der Waals surface area contributed by atoms with Gasteiger partial charge in [-0.25, -0.2) is 9.69 Å². The summed E-state index contributed by atoms with van der Waals surface area (Å²) in [5.41, 5.74) is 4.24. The van der Waals surface area contributed by atoms with E-state index >= 15 is 0 Å². The minimum atomic E-state index is -0.509. The second-order valence-corrected chi connectivity index (χ2v) is 12.0. The number of likely N-dealkylation sites (N-methyl/N-ethyl adjacent to an activating group) is 1. The van der Waals surface area contributed by atoms with E-state index in [1.807, 2.05) is 62.7 Å². The Morgan fingerprint density at radius 3 is 2.55 bits per heavy atom. The van der Waals surface area contributed by atoms with Crippen molar-refractivity contribution >= 4 is 34.2 Å². The Morgan fingerprint density at radius 2 is 1.84 bits per heavy atom. The van der Waals surface area contributed by atoms with E-state index in [1.165, 1.54) is 32.1 Å². The number of H-pyrrole nitrogens is 1. The highest BCUT2D eigenvalue weighted by Gasteiger charge is 2.36. The summed E-state index contributed by atoms with van der Waals surface area (Å²) in [6.07, 6.45) is 6.85. The number of para-hydroxylation sites is 1. The molecule has 0 bridgehead atoms. The van der Waals surface area contributed by atoms with Crippen molar-refractivity contribution in [2.24, 2.45) is 5.92 Å². The van der Waals surface area contributed by atoms with Gasteiger partial charge in [0.25, 0.3) is 0 Å². The van der Waals surface area contributed by atoms with Crippen LogP contribution in [-0.4, -0.2) is 47.4 Å². The van der Waals surface area contributed by atoms with Gasteiger partial charge >= 0.3 is 11.8 Å². The maximum Gasteiger partial charge on any atom is 0.514 e. The lowest BCUT2D eigenvalue weighted by Crippen LogP contribution is -3.16. The molecule has 5 rings (SSSR count). The molecular formula is C30H42N5O3+. The summed E-state index contributed by atoms with van der Waals surface area (Å²) in [5.74, 6) is 0.549. The molecule has 1 aliphatic carbocycles. The number of fused-ring (bicyclic) bond motifs is 1. The van der Waals surface area contributed by atoms with E-state index in [9.17, 15) is 9.59 Å². The lowest BCUT2D eigenvalue weighted by atomic mass is 9.89. The summed E-state index contributed by atoms with van der Waals surface area (Å²) in [5, 5.41) is 3.58. The predicted molar refractivity (Wildman–Crippen MR) is 153 cm³/mol. The van der Waals surface area contributed by atoms with Crippen LogP contribution in [0.2, 0.25) is 0 Å². The largest absolute Gasteiger partial charge is 0.514 e. The zero-order valence-corrected chi connectivity index (χ0v) is 23.2. The number of rotatable bonds is 6. The summed E-state index contributed by atoms with van der Waals surface area (Å²) in [6, 6.07) is 14.4. The number of hydrogen-bond donors (Lipinski definition) is 3. The second kappa shape index (κ2) is 10.8. The number of alkyl carbamates (subject to hydrolysis) is 2. The fourth-order valence-electron chi connectivity index (χ4n) is 5.90. The van der Waals surface area contributed by atoms with Crippen molar-refractivity contribution in [1.29, 1.82) is 0 Å². The summed E-state index contributed by atoms with van der Waals surface area (Å²) in [6.45, 7) is 8.03. The third-order valence-electron chi connectivity index (χ3n) is 7.97. The van der Waals surface area contributed by atoms with Crippen molar-refractivity contribution in [3.8, 4) is 0 Å². The Labute approximate surface area is 225 Å². The van der Waals surface area contributed by atoms with Crippen LogP contribution >= 0.6 is 0 Å². The fourth-order valence-corrected chi connectivity index (χ4v) is 5.90. The van der Waals surface area contributed by atoms with E-state index in [2.05, 4.69) is 27.3 Å². The number of anilines is 3. The van der Waals surface area contributed by atoms with Gasteiger partial charge in [0.1, 0.15) is 11.6 Å². The first-order valence-electron chi connectivity index (χ1n) is 14.1. The molecule has 3 aromatic rings. The Kier molecular flexibility index (Phi) is 7.52. The zero-order chi connectivity index (χ0) is 26.9. The smallest absolute Gasteiger partial charge is 0.414 e. The van der Waals surface area contributed by atoms with Gasteiger partial charge in [-0.2, -0.15) is 4.79 Å². The molecule has 1 saturated carbocycles. The van der Waals surface area contributed by atoms with Crippen molar-refractivity contribution in [2.45, 2.75) is 77.5 Å². The minimum Gasteiger partial charge on any atom is -0.414 e. The molecule has 3 N–H and O–H groups in total. The number of carbonyl (C=O) groups is 1. The molecule has 8 nitrogen and oxygen atoms in total. The lowest BCUT2D eigenvalue weighted by molar-refractivity contribution is -0.828. The number of amides is 1. The quantitative estimate of drug-likeness (QED) is 0.440. The van der Waals surface area contributed by atoms with Crippen molar-refractivity contribution in [3.05, 3.63) is 52.9 Å². The monoisotopic (exact) mass is 520 g/mol. The fraction of sp³-hybridized carbons (Fsp3) is 0.533. The van der Waals surface area contributed by atoms with E-state index in [-0.39, 0.29) is 17.8 Å². The molecular weight excluding hydrogens is 478 g/mol. The highest BCUT2D eigenvalue weighted by Crippen LogP contribution is 2.35. The van der Waals surface area contributed by atoms with Crippen LogP contribution in [0.3, 0.4) is 0 Å². The van der Waals surface area contributed by atoms with E-state index < -0.39 is 5.60 Å². The molecule has 1 aromatic heterocycles. The molecule has 2 aromatic carbocycles. The van der Waals surface area contributed by atoms with Crippen molar-refractivity contribution in [3.63, 3.8) is 0 Å². The van der Waals surface area contributed by atoms with Crippen molar-refractivity contribution < 1.29 is 14.4 Å². The number of nitrogens with one attached hydrogen (secondary N) is 3.